The molecule has 19 heteroatoms. The maximum Gasteiger partial charge on any atom is 0.472 e. The number of carbonyl (C=O) groups is 4. The van der Waals surface area contributed by atoms with Crippen LogP contribution in [-0.2, 0) is 65.4 Å². The summed E-state index contributed by atoms with van der Waals surface area (Å²) in [6.07, 6.45) is 57.7. The summed E-state index contributed by atoms with van der Waals surface area (Å²) in [4.78, 5) is 72.4. The second-order valence-electron chi connectivity index (χ2n) is 27.5. The Bertz CT molecular complexity index is 1810. The quantitative estimate of drug-likeness (QED) is 0.0222. The van der Waals surface area contributed by atoms with Crippen molar-refractivity contribution < 1.29 is 80.2 Å². The van der Waals surface area contributed by atoms with Gasteiger partial charge in [-0.1, -0.05) is 343 Å². The number of phosphoric acid groups is 2. The van der Waals surface area contributed by atoms with Crippen LogP contribution in [0.5, 0.6) is 0 Å². The minimum atomic E-state index is -4.95. The number of hydrogen-bond donors (Lipinski definition) is 3. The third-order valence-corrected chi connectivity index (χ3v) is 19.4. The number of phosphoric ester groups is 2. The van der Waals surface area contributed by atoms with Crippen molar-refractivity contribution in [2.75, 3.05) is 39.6 Å². The predicted molar refractivity (Wildman–Crippen MR) is 382 cm³/mol. The van der Waals surface area contributed by atoms with E-state index in [1.807, 2.05) is 0 Å². The lowest BCUT2D eigenvalue weighted by Crippen LogP contribution is -2.30. The van der Waals surface area contributed by atoms with Gasteiger partial charge in [0.25, 0.3) is 0 Å². The van der Waals surface area contributed by atoms with E-state index in [0.717, 1.165) is 96.3 Å². The second kappa shape index (κ2) is 68.2. The van der Waals surface area contributed by atoms with Crippen LogP contribution in [0.25, 0.3) is 0 Å². The maximum absolute atomic E-state index is 13.1. The molecule has 0 bridgehead atoms. The third-order valence-electron chi connectivity index (χ3n) is 17.5. The van der Waals surface area contributed by atoms with Crippen molar-refractivity contribution in [1.29, 1.82) is 0 Å². The van der Waals surface area contributed by atoms with Crippen LogP contribution >= 0.6 is 15.6 Å². The smallest absolute Gasteiger partial charge is 0.462 e. The summed E-state index contributed by atoms with van der Waals surface area (Å²) < 4.78 is 68.2. The van der Waals surface area contributed by atoms with Crippen molar-refractivity contribution >= 4 is 39.5 Å². The highest BCUT2D eigenvalue weighted by Gasteiger charge is 2.30. The summed E-state index contributed by atoms with van der Waals surface area (Å²) in [7, 11) is -9.90. The molecular weight excluding hydrogens is 1230 g/mol. The van der Waals surface area contributed by atoms with E-state index in [1.165, 1.54) is 212 Å². The lowest BCUT2D eigenvalue weighted by molar-refractivity contribution is -0.161. The van der Waals surface area contributed by atoms with Crippen LogP contribution in [-0.4, -0.2) is 96.7 Å². The van der Waals surface area contributed by atoms with Gasteiger partial charge in [0.1, 0.15) is 19.3 Å². The van der Waals surface area contributed by atoms with E-state index in [2.05, 4.69) is 34.6 Å². The van der Waals surface area contributed by atoms with Crippen molar-refractivity contribution in [1.82, 2.24) is 0 Å². The third kappa shape index (κ3) is 68.6. The number of ether oxygens (including phenoxy) is 4. The molecule has 0 saturated carbocycles. The van der Waals surface area contributed by atoms with Crippen LogP contribution in [0.3, 0.4) is 0 Å². The molecule has 3 N–H and O–H groups in total. The molecule has 0 rings (SSSR count). The van der Waals surface area contributed by atoms with Gasteiger partial charge in [-0.05, 0) is 31.6 Å². The van der Waals surface area contributed by atoms with Gasteiger partial charge < -0.3 is 33.8 Å². The molecule has 94 heavy (non-hydrogen) atoms. The number of carbonyl (C=O) groups excluding carboxylic acids is 4. The number of rotatable bonds is 75. The zero-order valence-corrected chi connectivity index (χ0v) is 62.9. The average molecular weight is 1380 g/mol. The Hall–Kier alpha value is -1.94. The molecule has 0 aromatic heterocycles. The molecule has 0 aliphatic carbocycles. The zero-order valence-electron chi connectivity index (χ0n) is 61.1. The molecule has 0 aliphatic rings. The molecule has 17 nitrogen and oxygen atoms in total. The minimum absolute atomic E-state index is 0.103. The lowest BCUT2D eigenvalue weighted by Gasteiger charge is -2.21. The Kier molecular flexibility index (Phi) is 66.8. The highest BCUT2D eigenvalue weighted by molar-refractivity contribution is 7.47. The van der Waals surface area contributed by atoms with Crippen molar-refractivity contribution in [2.24, 2.45) is 5.92 Å². The zero-order chi connectivity index (χ0) is 69.1. The molecular formula is C75H146O17P2. The summed E-state index contributed by atoms with van der Waals surface area (Å²) in [6.45, 7) is 7.12. The molecule has 0 heterocycles. The Balaban J connectivity index is 5.11. The SMILES string of the molecule is CCCCCCCCCCCCCCCCCCCCCCCC(=O)O[C@H](COC(=O)CCCCCCCCCCCCCCCCCCCC)COP(=O)(O)OC[C@@H](O)COP(=O)(O)OC[C@@H](COC(=O)CCCCCCC)OC(=O)CCCCCCCCCC(C)C. The largest absolute Gasteiger partial charge is 0.472 e. The van der Waals surface area contributed by atoms with Crippen LogP contribution in [0.4, 0.5) is 0 Å². The van der Waals surface area contributed by atoms with Gasteiger partial charge in [-0.2, -0.15) is 0 Å². The molecule has 0 spiro atoms. The number of esters is 4. The Morgan fingerprint density at radius 2 is 0.489 bits per heavy atom. The van der Waals surface area contributed by atoms with Crippen LogP contribution in [0.15, 0.2) is 0 Å². The second-order valence-corrected chi connectivity index (χ2v) is 30.4. The van der Waals surface area contributed by atoms with Gasteiger partial charge in [-0.3, -0.25) is 37.3 Å². The molecule has 2 unspecified atom stereocenters. The van der Waals surface area contributed by atoms with Gasteiger partial charge >= 0.3 is 39.5 Å². The summed E-state index contributed by atoms with van der Waals surface area (Å²) >= 11 is 0. The van der Waals surface area contributed by atoms with E-state index < -0.39 is 97.5 Å². The number of unbranched alkanes of at least 4 members (excludes halogenated alkanes) is 47. The predicted octanol–water partition coefficient (Wildman–Crippen LogP) is 22.1. The molecule has 0 radical (unpaired) electrons. The van der Waals surface area contributed by atoms with Crippen molar-refractivity contribution in [3.63, 3.8) is 0 Å². The molecule has 558 valence electrons. The topological polar surface area (TPSA) is 237 Å². The van der Waals surface area contributed by atoms with Crippen LogP contribution in [0.1, 0.15) is 394 Å². The van der Waals surface area contributed by atoms with Gasteiger partial charge in [0.15, 0.2) is 12.2 Å². The molecule has 0 aromatic rings. The lowest BCUT2D eigenvalue weighted by atomic mass is 10.0. The molecule has 0 saturated heterocycles. The average Bonchev–Trinajstić information content (AvgIpc) is 1.29. The highest BCUT2D eigenvalue weighted by atomic mass is 31.2. The summed E-state index contributed by atoms with van der Waals surface area (Å²) in [6, 6.07) is 0. The monoisotopic (exact) mass is 1380 g/mol. The molecule has 0 amide bonds. The van der Waals surface area contributed by atoms with E-state index >= 15 is 0 Å². The molecule has 5 atom stereocenters. The standard InChI is InChI=1S/C75H146O17P2/c1-6-9-12-15-17-19-21-23-25-27-29-30-31-33-35-37-39-41-45-50-55-60-74(79)92-71(65-86-73(78)59-54-49-44-40-38-36-34-32-28-26-24-22-20-18-16-13-10-7-2)67-90-94(83,84)88-63-69(76)62-87-93(81,82)89-66-70(64-85-72(77)58-53-47-14-11-8-3)91-75(80)61-56-51-46-42-43-48-52-57-68(4)5/h68-71,76H,6-67H2,1-5H3,(H,81,82)(H,83,84)/t69-,70+,71+/m0/s1. The van der Waals surface area contributed by atoms with E-state index in [4.69, 9.17) is 37.0 Å². The van der Waals surface area contributed by atoms with Crippen LogP contribution in [0, 0.1) is 5.92 Å². The maximum atomic E-state index is 13.1. The first-order valence-electron chi connectivity index (χ1n) is 39.1. The van der Waals surface area contributed by atoms with Crippen molar-refractivity contribution in [3.8, 4) is 0 Å². The van der Waals surface area contributed by atoms with E-state index in [-0.39, 0.29) is 25.7 Å². The minimum Gasteiger partial charge on any atom is -0.462 e. The Morgan fingerprint density at radius 3 is 0.723 bits per heavy atom. The fourth-order valence-corrected chi connectivity index (χ4v) is 13.1. The van der Waals surface area contributed by atoms with Gasteiger partial charge in [0.2, 0.25) is 0 Å². The van der Waals surface area contributed by atoms with E-state index in [1.54, 1.807) is 0 Å². The summed E-state index contributed by atoms with van der Waals surface area (Å²) in [5, 5.41) is 10.6. The number of hydrogen-bond acceptors (Lipinski definition) is 15. The Labute approximate surface area is 575 Å². The van der Waals surface area contributed by atoms with Gasteiger partial charge in [0.05, 0.1) is 26.4 Å². The van der Waals surface area contributed by atoms with Crippen LogP contribution < -0.4 is 0 Å². The van der Waals surface area contributed by atoms with Crippen molar-refractivity contribution in [3.05, 3.63) is 0 Å². The molecule has 0 aromatic carbocycles. The first-order chi connectivity index (χ1) is 45.5. The normalized spacial score (nSPS) is 14.0. The highest BCUT2D eigenvalue weighted by Crippen LogP contribution is 2.45. The van der Waals surface area contributed by atoms with Gasteiger partial charge in [-0.25, -0.2) is 9.13 Å². The summed E-state index contributed by atoms with van der Waals surface area (Å²) in [5.74, 6) is -1.43. The van der Waals surface area contributed by atoms with E-state index in [0.29, 0.717) is 31.6 Å². The number of aliphatic hydroxyl groups excluding tert-OH is 1. The fourth-order valence-electron chi connectivity index (χ4n) is 11.5. The molecule has 0 fully saturated rings. The first-order valence-corrected chi connectivity index (χ1v) is 42.1. The van der Waals surface area contributed by atoms with Gasteiger partial charge in [0, 0.05) is 25.7 Å². The Morgan fingerprint density at radius 1 is 0.287 bits per heavy atom. The van der Waals surface area contributed by atoms with Gasteiger partial charge in [-0.15, -0.1) is 0 Å². The van der Waals surface area contributed by atoms with Crippen LogP contribution in [0.2, 0.25) is 0 Å². The summed E-state index contributed by atoms with van der Waals surface area (Å²) in [5.41, 5.74) is 0. The van der Waals surface area contributed by atoms with E-state index in [9.17, 15) is 43.2 Å². The fraction of sp³-hybridized carbons (Fsp3) is 0.947. The first kappa shape index (κ1) is 92.1. The van der Waals surface area contributed by atoms with Crippen molar-refractivity contribution in [2.45, 2.75) is 412 Å². The number of aliphatic hydroxyl groups is 1. The molecule has 0 aliphatic heterocycles.